The smallest absolute Gasteiger partial charge is 0.276 e. The molecule has 0 N–H and O–H groups in total. The van der Waals surface area contributed by atoms with Gasteiger partial charge in [-0.25, -0.2) is 4.98 Å². The highest BCUT2D eigenvalue weighted by molar-refractivity contribution is 7.19. The summed E-state index contributed by atoms with van der Waals surface area (Å²) in [4.78, 5) is 14.7. The Bertz CT molecular complexity index is 898. The van der Waals surface area contributed by atoms with Crippen molar-refractivity contribution in [2.45, 2.75) is 6.61 Å². The third kappa shape index (κ3) is 2.73. The monoisotopic (exact) mass is 311 g/mol. The minimum Gasteiger partial charge on any atom is -0.489 e. The molecule has 0 saturated heterocycles. The molecule has 108 valence electrons. The summed E-state index contributed by atoms with van der Waals surface area (Å²) < 4.78 is 6.47. The Labute approximate surface area is 129 Å². The molecule has 22 heavy (non-hydrogen) atoms. The normalized spacial score (nSPS) is 10.3. The summed E-state index contributed by atoms with van der Waals surface area (Å²) in [5.74, 6) is 0.582. The number of thiazole rings is 1. The van der Waals surface area contributed by atoms with Crippen LogP contribution in [0.25, 0.3) is 10.2 Å². The van der Waals surface area contributed by atoms with E-state index in [9.17, 15) is 10.1 Å². The summed E-state index contributed by atoms with van der Waals surface area (Å²) in [6.07, 6.45) is 0. The second-order valence-electron chi connectivity index (χ2n) is 4.43. The Morgan fingerprint density at radius 2 is 2.14 bits per heavy atom. The van der Waals surface area contributed by atoms with Crippen LogP contribution in [-0.4, -0.2) is 9.91 Å². The van der Waals surface area contributed by atoms with E-state index in [-0.39, 0.29) is 12.3 Å². The molecule has 1 aromatic heterocycles. The zero-order valence-corrected chi connectivity index (χ0v) is 12.0. The molecule has 0 saturated carbocycles. The van der Waals surface area contributed by atoms with Gasteiger partial charge in [-0.3, -0.25) is 10.1 Å². The van der Waals surface area contributed by atoms with Crippen molar-refractivity contribution in [3.63, 3.8) is 0 Å². The molecule has 3 rings (SSSR count). The average Bonchev–Trinajstić information content (AvgIpc) is 2.95. The van der Waals surface area contributed by atoms with Gasteiger partial charge in [0.15, 0.2) is 5.01 Å². The highest BCUT2D eigenvalue weighted by Crippen LogP contribution is 2.27. The molecular weight excluding hydrogens is 302 g/mol. The van der Waals surface area contributed by atoms with Crippen LogP contribution in [-0.2, 0) is 6.61 Å². The third-order valence-electron chi connectivity index (χ3n) is 3.04. The first-order chi connectivity index (χ1) is 10.7. The average molecular weight is 311 g/mol. The van der Waals surface area contributed by atoms with Crippen LogP contribution in [0, 0.1) is 21.4 Å². The number of aromatic nitrogens is 1. The van der Waals surface area contributed by atoms with E-state index in [0.29, 0.717) is 16.3 Å². The van der Waals surface area contributed by atoms with Crippen LogP contribution < -0.4 is 4.74 Å². The summed E-state index contributed by atoms with van der Waals surface area (Å²) in [5, 5.41) is 20.2. The van der Waals surface area contributed by atoms with Crippen molar-refractivity contribution in [2.75, 3.05) is 0 Å². The van der Waals surface area contributed by atoms with E-state index in [1.54, 1.807) is 36.4 Å². The summed E-state index contributed by atoms with van der Waals surface area (Å²) in [7, 11) is 0. The van der Waals surface area contributed by atoms with E-state index in [2.05, 4.69) is 4.98 Å². The fourth-order valence-electron chi connectivity index (χ4n) is 2.01. The summed E-state index contributed by atoms with van der Waals surface area (Å²) in [6.45, 7) is 0.104. The summed E-state index contributed by atoms with van der Waals surface area (Å²) in [5.41, 5.74) is 1.28. The van der Waals surface area contributed by atoms with Crippen molar-refractivity contribution in [1.82, 2.24) is 4.98 Å². The largest absolute Gasteiger partial charge is 0.489 e. The van der Waals surface area contributed by atoms with Crippen molar-refractivity contribution in [1.29, 1.82) is 5.26 Å². The van der Waals surface area contributed by atoms with Gasteiger partial charge in [-0.05, 0) is 24.3 Å². The Hall–Kier alpha value is -2.98. The van der Waals surface area contributed by atoms with Crippen LogP contribution in [0.2, 0.25) is 0 Å². The van der Waals surface area contributed by atoms with E-state index in [1.165, 1.54) is 17.4 Å². The SMILES string of the molecule is N#Cc1nc2ccc(OCc3ccccc3[N+](=O)[O-])cc2s1. The van der Waals surface area contributed by atoms with Crippen LogP contribution >= 0.6 is 11.3 Å². The maximum absolute atomic E-state index is 11.0. The maximum Gasteiger partial charge on any atom is 0.276 e. The van der Waals surface area contributed by atoms with Crippen molar-refractivity contribution < 1.29 is 9.66 Å². The van der Waals surface area contributed by atoms with E-state index >= 15 is 0 Å². The topological polar surface area (TPSA) is 89.0 Å². The van der Waals surface area contributed by atoms with Gasteiger partial charge in [0.1, 0.15) is 18.4 Å². The zero-order valence-electron chi connectivity index (χ0n) is 11.2. The predicted octanol–water partition coefficient (Wildman–Crippen LogP) is 3.66. The fourth-order valence-corrected chi connectivity index (χ4v) is 2.81. The number of hydrogen-bond acceptors (Lipinski definition) is 6. The number of nitro benzene ring substituents is 1. The molecule has 0 fully saturated rings. The van der Waals surface area contributed by atoms with Gasteiger partial charge in [0, 0.05) is 6.07 Å². The molecule has 0 aliphatic heterocycles. The van der Waals surface area contributed by atoms with Crippen LogP contribution in [0.1, 0.15) is 10.6 Å². The number of ether oxygens (including phenoxy) is 1. The molecule has 7 heteroatoms. The summed E-state index contributed by atoms with van der Waals surface area (Å²) in [6, 6.07) is 13.8. The Kier molecular flexibility index (Phi) is 3.68. The Morgan fingerprint density at radius 1 is 1.32 bits per heavy atom. The van der Waals surface area contributed by atoms with Crippen LogP contribution in [0.4, 0.5) is 5.69 Å². The van der Waals surface area contributed by atoms with E-state index in [1.807, 2.05) is 6.07 Å². The molecule has 0 unspecified atom stereocenters. The number of rotatable bonds is 4. The van der Waals surface area contributed by atoms with Gasteiger partial charge in [-0.2, -0.15) is 5.26 Å². The van der Waals surface area contributed by atoms with Crippen molar-refractivity contribution in [2.24, 2.45) is 0 Å². The van der Waals surface area contributed by atoms with Gasteiger partial charge in [0.25, 0.3) is 5.69 Å². The first kappa shape index (κ1) is 14.0. The molecule has 0 spiro atoms. The number of nitro groups is 1. The fraction of sp³-hybridized carbons (Fsp3) is 0.0667. The second kappa shape index (κ2) is 5.79. The first-order valence-corrected chi connectivity index (χ1v) is 7.15. The number of hydrogen-bond donors (Lipinski definition) is 0. The van der Waals surface area contributed by atoms with E-state index < -0.39 is 4.92 Å². The number of benzene rings is 2. The quantitative estimate of drug-likeness (QED) is 0.542. The zero-order chi connectivity index (χ0) is 15.5. The molecule has 0 atom stereocenters. The van der Waals surface area contributed by atoms with Gasteiger partial charge in [-0.15, -0.1) is 11.3 Å². The molecule has 0 amide bonds. The highest BCUT2D eigenvalue weighted by Gasteiger charge is 2.13. The number of nitrogens with zero attached hydrogens (tertiary/aromatic N) is 3. The van der Waals surface area contributed by atoms with Gasteiger partial charge >= 0.3 is 0 Å². The maximum atomic E-state index is 11.0. The lowest BCUT2D eigenvalue weighted by Gasteiger charge is -2.06. The highest BCUT2D eigenvalue weighted by atomic mass is 32.1. The lowest BCUT2D eigenvalue weighted by atomic mass is 10.2. The van der Waals surface area contributed by atoms with Crippen molar-refractivity contribution >= 4 is 27.2 Å². The molecule has 0 aliphatic rings. The molecule has 6 nitrogen and oxygen atoms in total. The molecule has 3 aromatic rings. The van der Waals surface area contributed by atoms with Crippen molar-refractivity contribution in [3.8, 4) is 11.8 Å². The minimum absolute atomic E-state index is 0.0353. The van der Waals surface area contributed by atoms with Crippen LogP contribution in [0.15, 0.2) is 42.5 Å². The number of nitriles is 1. The second-order valence-corrected chi connectivity index (χ2v) is 5.47. The summed E-state index contributed by atoms with van der Waals surface area (Å²) >= 11 is 1.28. The first-order valence-electron chi connectivity index (χ1n) is 6.33. The van der Waals surface area contributed by atoms with Crippen LogP contribution in [0.5, 0.6) is 5.75 Å². The van der Waals surface area contributed by atoms with Crippen molar-refractivity contribution in [3.05, 3.63) is 63.1 Å². The number of fused-ring (bicyclic) bond motifs is 1. The lowest BCUT2D eigenvalue weighted by Crippen LogP contribution is -2.00. The van der Waals surface area contributed by atoms with Gasteiger partial charge in [-0.1, -0.05) is 12.1 Å². The predicted molar refractivity (Wildman–Crippen MR) is 81.8 cm³/mol. The lowest BCUT2D eigenvalue weighted by molar-refractivity contribution is -0.385. The Morgan fingerprint density at radius 3 is 2.91 bits per heavy atom. The molecule has 0 radical (unpaired) electrons. The van der Waals surface area contributed by atoms with E-state index in [0.717, 1.165) is 10.2 Å². The third-order valence-corrected chi connectivity index (χ3v) is 3.96. The van der Waals surface area contributed by atoms with Gasteiger partial charge in [0.2, 0.25) is 0 Å². The molecule has 0 aliphatic carbocycles. The number of para-hydroxylation sites is 1. The molecule has 1 heterocycles. The molecule has 2 aromatic carbocycles. The molecule has 0 bridgehead atoms. The van der Waals surface area contributed by atoms with Gasteiger partial charge in [0.05, 0.1) is 20.7 Å². The standard InChI is InChI=1S/C15H9N3O3S/c16-8-15-17-12-6-5-11(7-14(12)22-15)21-9-10-3-1-2-4-13(10)18(19)20/h1-7H,9H2. The Balaban J connectivity index is 1.82. The van der Waals surface area contributed by atoms with Crippen LogP contribution in [0.3, 0.4) is 0 Å². The minimum atomic E-state index is -0.426. The van der Waals surface area contributed by atoms with Gasteiger partial charge < -0.3 is 4.74 Å². The molecular formula is C15H9N3O3S. The van der Waals surface area contributed by atoms with E-state index in [4.69, 9.17) is 10.00 Å².